The molecule has 0 bridgehead atoms. The Hall–Kier alpha value is -2.58. The molecule has 0 atom stereocenters. The van der Waals surface area contributed by atoms with Gasteiger partial charge in [0, 0.05) is 24.3 Å². The van der Waals surface area contributed by atoms with E-state index in [2.05, 4.69) is 12.2 Å². The Kier molecular flexibility index (Phi) is 9.14. The number of rotatable bonds is 11. The first kappa shape index (κ1) is 25.1. The maximum absolute atomic E-state index is 12.9. The number of benzene rings is 2. The minimum absolute atomic E-state index is 0.187. The Labute approximate surface area is 197 Å². The van der Waals surface area contributed by atoms with Gasteiger partial charge in [-0.15, -0.1) is 0 Å². The highest BCUT2D eigenvalue weighted by Crippen LogP contribution is 2.29. The number of amides is 1. The molecule has 1 aliphatic rings. The largest absolute Gasteiger partial charge is 0.493 e. The van der Waals surface area contributed by atoms with E-state index < -0.39 is 10.0 Å². The molecular weight excluding hydrogens is 440 g/mol. The average Bonchev–Trinajstić information content (AvgIpc) is 2.84. The number of hydrogen-bond acceptors (Lipinski definition) is 5. The third kappa shape index (κ3) is 6.71. The minimum Gasteiger partial charge on any atom is -0.493 e. The van der Waals surface area contributed by atoms with E-state index in [-0.39, 0.29) is 10.8 Å². The summed E-state index contributed by atoms with van der Waals surface area (Å²) in [6, 6.07) is 11.4. The van der Waals surface area contributed by atoms with Gasteiger partial charge in [-0.3, -0.25) is 4.79 Å². The molecule has 1 saturated heterocycles. The third-order valence-corrected chi connectivity index (χ3v) is 7.62. The number of anilines is 1. The lowest BCUT2D eigenvalue weighted by atomic mass is 10.1. The third-order valence-electron chi connectivity index (χ3n) is 5.73. The van der Waals surface area contributed by atoms with Gasteiger partial charge in [0.2, 0.25) is 10.0 Å². The Morgan fingerprint density at radius 1 is 1.00 bits per heavy atom. The molecule has 7 nitrogen and oxygen atoms in total. The molecule has 0 aliphatic carbocycles. The van der Waals surface area contributed by atoms with Crippen LogP contribution in [0.1, 0.15) is 62.2 Å². The maximum atomic E-state index is 12.9. The number of hydrogen-bond donors (Lipinski definition) is 1. The molecule has 1 amide bonds. The number of piperidine rings is 1. The molecule has 2 aromatic rings. The normalized spacial score (nSPS) is 14.6. The quantitative estimate of drug-likeness (QED) is 0.459. The highest BCUT2D eigenvalue weighted by Gasteiger charge is 2.26. The van der Waals surface area contributed by atoms with E-state index in [9.17, 15) is 13.2 Å². The fourth-order valence-corrected chi connectivity index (χ4v) is 5.39. The van der Waals surface area contributed by atoms with Crippen LogP contribution >= 0.6 is 0 Å². The van der Waals surface area contributed by atoms with Crippen LogP contribution in [-0.2, 0) is 10.0 Å². The fourth-order valence-electron chi connectivity index (χ4n) is 3.83. The van der Waals surface area contributed by atoms with Crippen LogP contribution in [0.15, 0.2) is 47.4 Å². The number of carbonyl (C=O) groups is 1. The van der Waals surface area contributed by atoms with Gasteiger partial charge in [-0.1, -0.05) is 38.7 Å². The van der Waals surface area contributed by atoms with Gasteiger partial charge in [0.05, 0.1) is 18.6 Å². The van der Waals surface area contributed by atoms with Crippen molar-refractivity contribution in [1.82, 2.24) is 4.31 Å². The number of methoxy groups -OCH3 is 1. The molecule has 1 heterocycles. The zero-order valence-electron chi connectivity index (χ0n) is 19.5. The van der Waals surface area contributed by atoms with Crippen molar-refractivity contribution in [2.45, 2.75) is 56.8 Å². The van der Waals surface area contributed by atoms with Crippen LogP contribution in [0.25, 0.3) is 0 Å². The van der Waals surface area contributed by atoms with Gasteiger partial charge in [0.15, 0.2) is 11.5 Å². The van der Waals surface area contributed by atoms with Gasteiger partial charge in [-0.05, 0) is 55.7 Å². The lowest BCUT2D eigenvalue weighted by Gasteiger charge is -2.26. The summed E-state index contributed by atoms with van der Waals surface area (Å²) in [7, 11) is -2.03. The monoisotopic (exact) mass is 474 g/mol. The highest BCUT2D eigenvalue weighted by atomic mass is 32.2. The van der Waals surface area contributed by atoms with Crippen molar-refractivity contribution >= 4 is 21.6 Å². The molecule has 3 rings (SSSR count). The van der Waals surface area contributed by atoms with Crippen molar-refractivity contribution < 1.29 is 22.7 Å². The number of nitrogens with zero attached hydrogens (tertiary/aromatic N) is 1. The van der Waals surface area contributed by atoms with Crippen LogP contribution in [0.5, 0.6) is 11.5 Å². The molecule has 1 fully saturated rings. The lowest BCUT2D eigenvalue weighted by Crippen LogP contribution is -2.35. The summed E-state index contributed by atoms with van der Waals surface area (Å²) < 4.78 is 38.6. The predicted molar refractivity (Wildman–Crippen MR) is 130 cm³/mol. The van der Waals surface area contributed by atoms with Crippen molar-refractivity contribution in [2.24, 2.45) is 0 Å². The summed E-state index contributed by atoms with van der Waals surface area (Å²) >= 11 is 0. The Bertz CT molecular complexity index is 1030. The van der Waals surface area contributed by atoms with Crippen molar-refractivity contribution in [1.29, 1.82) is 0 Å². The van der Waals surface area contributed by atoms with E-state index in [1.165, 1.54) is 30.3 Å². The predicted octanol–water partition coefficient (Wildman–Crippen LogP) is 5.08. The van der Waals surface area contributed by atoms with Gasteiger partial charge < -0.3 is 14.8 Å². The summed E-state index contributed by atoms with van der Waals surface area (Å²) in [4.78, 5) is 13.0. The first-order chi connectivity index (χ1) is 16.0. The molecule has 0 spiro atoms. The molecule has 8 heteroatoms. The van der Waals surface area contributed by atoms with Gasteiger partial charge in [-0.2, -0.15) is 4.31 Å². The standard InChI is InChI=1S/C25H34N2O5S/c1-3-4-5-9-17-32-23-14-13-20(18-24(23)31-2)25(28)26-21-11-10-12-22(19-21)33(29,30)27-15-7-6-8-16-27/h10-14,18-19H,3-9,15-17H2,1-2H3,(H,26,28). The van der Waals surface area contributed by atoms with Crippen LogP contribution in [0.4, 0.5) is 5.69 Å². The van der Waals surface area contributed by atoms with E-state index in [0.717, 1.165) is 32.1 Å². The lowest BCUT2D eigenvalue weighted by molar-refractivity contribution is 0.102. The molecule has 180 valence electrons. The van der Waals surface area contributed by atoms with Gasteiger partial charge in [0.25, 0.3) is 5.91 Å². The number of unbranched alkanes of at least 4 members (excludes halogenated alkanes) is 3. The van der Waals surface area contributed by atoms with E-state index in [4.69, 9.17) is 9.47 Å². The molecule has 0 aromatic heterocycles. The Morgan fingerprint density at radius 3 is 2.52 bits per heavy atom. The van der Waals surface area contributed by atoms with Crippen molar-refractivity contribution in [3.63, 3.8) is 0 Å². The first-order valence-electron chi connectivity index (χ1n) is 11.7. The summed E-state index contributed by atoms with van der Waals surface area (Å²) in [5.41, 5.74) is 0.822. The number of carbonyl (C=O) groups excluding carboxylic acids is 1. The van der Waals surface area contributed by atoms with Crippen LogP contribution in [0.3, 0.4) is 0 Å². The minimum atomic E-state index is -3.57. The molecular formula is C25H34N2O5S. The summed E-state index contributed by atoms with van der Waals surface area (Å²) in [5, 5.41) is 2.79. The van der Waals surface area contributed by atoms with Crippen LogP contribution in [0.2, 0.25) is 0 Å². The summed E-state index contributed by atoms with van der Waals surface area (Å²) in [6.45, 7) is 3.83. The SMILES string of the molecule is CCCCCCOc1ccc(C(=O)Nc2cccc(S(=O)(=O)N3CCCCC3)c2)cc1OC. The van der Waals surface area contributed by atoms with Gasteiger partial charge in [0.1, 0.15) is 0 Å². The summed E-state index contributed by atoms with van der Waals surface area (Å²) in [5.74, 6) is 0.732. The molecule has 2 aromatic carbocycles. The van der Waals surface area contributed by atoms with Crippen molar-refractivity contribution in [3.8, 4) is 11.5 Å². The zero-order valence-corrected chi connectivity index (χ0v) is 20.3. The molecule has 1 aliphatic heterocycles. The highest BCUT2D eigenvalue weighted by molar-refractivity contribution is 7.89. The second kappa shape index (κ2) is 12.0. The van der Waals surface area contributed by atoms with Crippen LogP contribution in [0, 0.1) is 0 Å². The van der Waals surface area contributed by atoms with E-state index in [0.29, 0.717) is 42.4 Å². The molecule has 0 saturated carbocycles. The fraction of sp³-hybridized carbons (Fsp3) is 0.480. The Balaban J connectivity index is 1.68. The Morgan fingerprint density at radius 2 is 1.79 bits per heavy atom. The second-order valence-electron chi connectivity index (χ2n) is 8.22. The van der Waals surface area contributed by atoms with E-state index >= 15 is 0 Å². The average molecular weight is 475 g/mol. The molecule has 0 radical (unpaired) electrons. The van der Waals surface area contributed by atoms with Crippen LogP contribution in [-0.4, -0.2) is 45.4 Å². The van der Waals surface area contributed by atoms with Crippen molar-refractivity contribution in [2.75, 3.05) is 32.1 Å². The first-order valence-corrected chi connectivity index (χ1v) is 13.1. The van der Waals surface area contributed by atoms with Crippen LogP contribution < -0.4 is 14.8 Å². The molecule has 1 N–H and O–H groups in total. The van der Waals surface area contributed by atoms with E-state index in [1.54, 1.807) is 36.4 Å². The number of ether oxygens (including phenoxy) is 2. The van der Waals surface area contributed by atoms with E-state index in [1.807, 2.05) is 0 Å². The number of nitrogens with one attached hydrogen (secondary N) is 1. The smallest absolute Gasteiger partial charge is 0.255 e. The second-order valence-corrected chi connectivity index (χ2v) is 10.2. The molecule has 33 heavy (non-hydrogen) atoms. The number of sulfonamides is 1. The van der Waals surface area contributed by atoms with Crippen molar-refractivity contribution in [3.05, 3.63) is 48.0 Å². The topological polar surface area (TPSA) is 84.9 Å². The molecule has 0 unspecified atom stereocenters. The summed E-state index contributed by atoms with van der Waals surface area (Å²) in [6.07, 6.45) is 7.22. The van der Waals surface area contributed by atoms with Gasteiger partial charge in [-0.25, -0.2) is 8.42 Å². The van der Waals surface area contributed by atoms with Gasteiger partial charge >= 0.3 is 0 Å². The zero-order chi connectivity index (χ0) is 23.7. The maximum Gasteiger partial charge on any atom is 0.255 e.